The highest BCUT2D eigenvalue weighted by molar-refractivity contribution is 9.10. The number of carbonyl (C=O) groups excluding carboxylic acids is 1. The maximum atomic E-state index is 13.8. The molecule has 1 heterocycles. The first-order valence-corrected chi connectivity index (χ1v) is 15.2. The Bertz CT molecular complexity index is 1800. The zero-order valence-corrected chi connectivity index (χ0v) is 26.0. The number of hydrogen-bond donors (Lipinski definition) is 1. The summed E-state index contributed by atoms with van der Waals surface area (Å²) in [5.74, 6) is -0.246. The summed E-state index contributed by atoms with van der Waals surface area (Å²) < 4.78 is 12.6. The number of carbonyl (C=O) groups is 2. The Morgan fingerprint density at radius 3 is 2.43 bits per heavy atom. The number of amidine groups is 1. The first-order valence-electron chi connectivity index (χ1n) is 13.6. The second kappa shape index (κ2) is 14.1. The standard InChI is InChI=1S/C34H26BrN3O5S/c1-2-42-29-16-26(28(35)18-30(29)43-21-25-9-7-6-8-24(25)19-36)17-31-32(39)38(20-22-12-14-23(15-13-22)33(40)41)34(44-31)37-27-10-4-3-5-11-27/h3-18H,2,20-21H2,1H3,(H,40,41)/b31-17-,37-34?. The lowest BCUT2D eigenvalue weighted by atomic mass is 10.1. The van der Waals surface area contributed by atoms with E-state index in [1.807, 2.05) is 49.4 Å². The summed E-state index contributed by atoms with van der Waals surface area (Å²) in [4.78, 5) is 31.8. The molecule has 220 valence electrons. The third-order valence-corrected chi connectivity index (χ3v) is 8.27. The quantitative estimate of drug-likeness (QED) is 0.172. The largest absolute Gasteiger partial charge is 0.490 e. The second-order valence-electron chi connectivity index (χ2n) is 9.55. The Hall–Kier alpha value is -4.85. The van der Waals surface area contributed by atoms with E-state index in [4.69, 9.17) is 14.5 Å². The van der Waals surface area contributed by atoms with Crippen LogP contribution in [0, 0.1) is 11.3 Å². The fourth-order valence-corrected chi connectivity index (χ4v) is 5.80. The average Bonchev–Trinajstić information content (AvgIpc) is 3.31. The van der Waals surface area contributed by atoms with E-state index in [0.29, 0.717) is 49.5 Å². The molecule has 0 atom stereocenters. The molecule has 1 aliphatic heterocycles. The number of hydrogen-bond acceptors (Lipinski definition) is 7. The Kier molecular flexibility index (Phi) is 9.79. The third kappa shape index (κ3) is 7.19. The summed E-state index contributed by atoms with van der Waals surface area (Å²) in [7, 11) is 0. The molecular weight excluding hydrogens is 642 g/mol. The molecule has 0 aliphatic carbocycles. The van der Waals surface area contributed by atoms with Crippen molar-refractivity contribution >= 4 is 56.5 Å². The minimum Gasteiger partial charge on any atom is -0.490 e. The van der Waals surface area contributed by atoms with Gasteiger partial charge < -0.3 is 14.6 Å². The van der Waals surface area contributed by atoms with Crippen molar-refractivity contribution in [3.05, 3.63) is 128 Å². The number of halogens is 1. The SMILES string of the molecule is CCOc1cc(/C=C2\SC(=Nc3ccccc3)N(Cc3ccc(C(=O)O)cc3)C2=O)c(Br)cc1OCc1ccccc1C#N. The van der Waals surface area contributed by atoms with E-state index in [1.165, 1.54) is 23.9 Å². The summed E-state index contributed by atoms with van der Waals surface area (Å²) >= 11 is 4.88. The lowest BCUT2D eigenvalue weighted by Gasteiger charge is -2.16. The van der Waals surface area contributed by atoms with Crippen molar-refractivity contribution in [3.8, 4) is 17.6 Å². The molecule has 8 nitrogen and oxygen atoms in total. The van der Waals surface area contributed by atoms with Gasteiger partial charge in [-0.2, -0.15) is 5.26 Å². The van der Waals surface area contributed by atoms with Crippen LogP contribution in [-0.4, -0.2) is 33.7 Å². The van der Waals surface area contributed by atoms with Crippen LogP contribution in [-0.2, 0) is 17.9 Å². The Morgan fingerprint density at radius 1 is 1.02 bits per heavy atom. The predicted molar refractivity (Wildman–Crippen MR) is 174 cm³/mol. The van der Waals surface area contributed by atoms with Gasteiger partial charge in [0.15, 0.2) is 16.7 Å². The van der Waals surface area contributed by atoms with E-state index in [9.17, 15) is 20.0 Å². The highest BCUT2D eigenvalue weighted by Crippen LogP contribution is 2.39. The molecule has 10 heteroatoms. The van der Waals surface area contributed by atoms with Crippen molar-refractivity contribution < 1.29 is 24.2 Å². The zero-order valence-electron chi connectivity index (χ0n) is 23.6. The summed E-state index contributed by atoms with van der Waals surface area (Å²) in [5, 5.41) is 19.2. The van der Waals surface area contributed by atoms with Gasteiger partial charge in [0.05, 0.1) is 40.9 Å². The minimum absolute atomic E-state index is 0.172. The summed E-state index contributed by atoms with van der Waals surface area (Å²) in [6.07, 6.45) is 1.78. The van der Waals surface area contributed by atoms with Crippen molar-refractivity contribution in [2.24, 2.45) is 4.99 Å². The number of aliphatic imine (C=N–C) groups is 1. The van der Waals surface area contributed by atoms with Crippen LogP contribution >= 0.6 is 27.7 Å². The van der Waals surface area contributed by atoms with E-state index in [1.54, 1.807) is 47.4 Å². The number of carboxylic acid groups (broad SMARTS) is 1. The predicted octanol–water partition coefficient (Wildman–Crippen LogP) is 7.80. The fraction of sp³-hybridized carbons (Fsp3) is 0.118. The number of amides is 1. The van der Waals surface area contributed by atoms with Crippen molar-refractivity contribution in [2.45, 2.75) is 20.1 Å². The van der Waals surface area contributed by atoms with Gasteiger partial charge in [0, 0.05) is 10.0 Å². The van der Waals surface area contributed by atoms with E-state index in [0.717, 1.165) is 11.1 Å². The number of aromatic carboxylic acids is 1. The molecule has 1 N–H and O–H groups in total. The van der Waals surface area contributed by atoms with Crippen molar-refractivity contribution in [3.63, 3.8) is 0 Å². The number of thioether (sulfide) groups is 1. The molecule has 0 bridgehead atoms. The summed E-state index contributed by atoms with van der Waals surface area (Å²) in [6.45, 7) is 2.68. The molecule has 1 fully saturated rings. The minimum atomic E-state index is -1.01. The maximum absolute atomic E-state index is 13.8. The number of nitrogens with zero attached hydrogens (tertiary/aromatic N) is 3. The van der Waals surface area contributed by atoms with E-state index >= 15 is 0 Å². The van der Waals surface area contributed by atoms with Crippen LogP contribution in [0.3, 0.4) is 0 Å². The Morgan fingerprint density at radius 2 is 1.73 bits per heavy atom. The van der Waals surface area contributed by atoms with Crippen molar-refractivity contribution in [2.75, 3.05) is 6.61 Å². The maximum Gasteiger partial charge on any atom is 0.335 e. The van der Waals surface area contributed by atoms with Crippen LogP contribution in [0.2, 0.25) is 0 Å². The molecule has 4 aromatic rings. The van der Waals surface area contributed by atoms with Gasteiger partial charge in [0.1, 0.15) is 6.61 Å². The van der Waals surface area contributed by atoms with Crippen LogP contribution in [0.4, 0.5) is 5.69 Å². The van der Waals surface area contributed by atoms with Crippen LogP contribution in [0.15, 0.2) is 105 Å². The van der Waals surface area contributed by atoms with Gasteiger partial charge in [-0.05, 0) is 78.4 Å². The molecule has 0 saturated carbocycles. The molecule has 1 amide bonds. The first-order chi connectivity index (χ1) is 21.4. The molecular formula is C34H26BrN3O5S. The first kappa shape index (κ1) is 30.6. The molecule has 1 aliphatic rings. The van der Waals surface area contributed by atoms with Gasteiger partial charge in [-0.15, -0.1) is 0 Å². The van der Waals surface area contributed by atoms with Crippen molar-refractivity contribution in [1.29, 1.82) is 5.26 Å². The summed E-state index contributed by atoms with van der Waals surface area (Å²) in [6, 6.07) is 28.8. The molecule has 0 aromatic heterocycles. The number of ether oxygens (including phenoxy) is 2. The summed E-state index contributed by atoms with van der Waals surface area (Å²) in [5.41, 5.74) is 3.65. The van der Waals surface area contributed by atoms with Gasteiger partial charge in [0.2, 0.25) is 0 Å². The topological polar surface area (TPSA) is 112 Å². The molecule has 0 radical (unpaired) electrons. The lowest BCUT2D eigenvalue weighted by molar-refractivity contribution is -0.122. The van der Waals surface area contributed by atoms with E-state index in [2.05, 4.69) is 22.0 Å². The molecule has 0 unspecified atom stereocenters. The Labute approximate surface area is 267 Å². The smallest absolute Gasteiger partial charge is 0.335 e. The third-order valence-electron chi connectivity index (χ3n) is 6.58. The second-order valence-corrected chi connectivity index (χ2v) is 11.4. The van der Waals surface area contributed by atoms with Crippen LogP contribution in [0.1, 0.15) is 39.5 Å². The van der Waals surface area contributed by atoms with Crippen LogP contribution < -0.4 is 9.47 Å². The number of nitriles is 1. The van der Waals surface area contributed by atoms with Gasteiger partial charge in [-0.3, -0.25) is 9.69 Å². The number of benzene rings is 4. The number of para-hydroxylation sites is 1. The molecule has 5 rings (SSSR count). The van der Waals surface area contributed by atoms with Gasteiger partial charge >= 0.3 is 5.97 Å². The van der Waals surface area contributed by atoms with E-state index in [-0.39, 0.29) is 24.6 Å². The average molecular weight is 669 g/mol. The van der Waals surface area contributed by atoms with Crippen LogP contribution in [0.25, 0.3) is 6.08 Å². The van der Waals surface area contributed by atoms with E-state index < -0.39 is 5.97 Å². The molecule has 0 spiro atoms. The number of carboxylic acids is 1. The fourth-order valence-electron chi connectivity index (χ4n) is 4.37. The zero-order chi connectivity index (χ0) is 31.1. The molecule has 4 aromatic carbocycles. The normalized spacial score (nSPS) is 14.6. The Balaban J connectivity index is 1.45. The molecule has 44 heavy (non-hydrogen) atoms. The highest BCUT2D eigenvalue weighted by atomic mass is 79.9. The number of rotatable bonds is 10. The van der Waals surface area contributed by atoms with Crippen LogP contribution in [0.5, 0.6) is 11.5 Å². The lowest BCUT2D eigenvalue weighted by Crippen LogP contribution is -2.28. The highest BCUT2D eigenvalue weighted by Gasteiger charge is 2.34. The van der Waals surface area contributed by atoms with Crippen molar-refractivity contribution in [1.82, 2.24) is 4.90 Å². The molecule has 1 saturated heterocycles. The van der Waals surface area contributed by atoms with Gasteiger partial charge in [0.25, 0.3) is 5.91 Å². The monoisotopic (exact) mass is 667 g/mol. The van der Waals surface area contributed by atoms with Gasteiger partial charge in [-0.1, -0.05) is 64.5 Å². The van der Waals surface area contributed by atoms with Gasteiger partial charge in [-0.25, -0.2) is 9.79 Å².